The Kier molecular flexibility index (Phi) is 4.86. The minimum atomic E-state index is -0.236. The molecule has 0 saturated carbocycles. The molecular formula is C8H18N2O. The van der Waals surface area contributed by atoms with E-state index in [0.717, 1.165) is 19.5 Å². The van der Waals surface area contributed by atoms with Gasteiger partial charge in [0, 0.05) is 0 Å². The second-order valence-corrected chi connectivity index (χ2v) is 2.71. The zero-order valence-electron chi connectivity index (χ0n) is 7.63. The summed E-state index contributed by atoms with van der Waals surface area (Å²) >= 11 is 0. The maximum atomic E-state index is 10.8. The van der Waals surface area contributed by atoms with E-state index in [1.165, 1.54) is 0 Å². The summed E-state index contributed by atoms with van der Waals surface area (Å²) in [4.78, 5) is 12.8. The van der Waals surface area contributed by atoms with Crippen molar-refractivity contribution in [2.24, 2.45) is 5.73 Å². The molecule has 0 bridgehead atoms. The maximum absolute atomic E-state index is 10.8. The molecule has 66 valence electrons. The zero-order chi connectivity index (χ0) is 8.85. The topological polar surface area (TPSA) is 46.3 Å². The molecule has 0 fully saturated rings. The van der Waals surface area contributed by atoms with E-state index < -0.39 is 0 Å². The van der Waals surface area contributed by atoms with Crippen molar-refractivity contribution in [1.82, 2.24) is 4.90 Å². The third-order valence-electron chi connectivity index (χ3n) is 1.88. The fraction of sp³-hybridized carbons (Fsp3) is 0.875. The summed E-state index contributed by atoms with van der Waals surface area (Å²) in [5, 5.41) is 0. The molecule has 1 unspecified atom stereocenters. The van der Waals surface area contributed by atoms with Crippen LogP contribution in [0.4, 0.5) is 0 Å². The zero-order valence-corrected chi connectivity index (χ0v) is 7.63. The summed E-state index contributed by atoms with van der Waals surface area (Å²) in [6.45, 7) is 7.81. The molecule has 0 aliphatic rings. The Balaban J connectivity index is 3.91. The van der Waals surface area contributed by atoms with Crippen LogP contribution in [0.3, 0.4) is 0 Å². The summed E-state index contributed by atoms with van der Waals surface area (Å²) in [6.07, 6.45) is 1.06. The van der Waals surface area contributed by atoms with E-state index >= 15 is 0 Å². The van der Waals surface area contributed by atoms with Crippen LogP contribution < -0.4 is 5.73 Å². The molecule has 1 amide bonds. The summed E-state index contributed by atoms with van der Waals surface area (Å²) in [5.41, 5.74) is 5.16. The van der Waals surface area contributed by atoms with Gasteiger partial charge in [0.1, 0.15) is 0 Å². The van der Waals surface area contributed by atoms with Crippen molar-refractivity contribution in [2.75, 3.05) is 13.1 Å². The molecular weight excluding hydrogens is 140 g/mol. The number of carbonyl (C=O) groups excluding carboxylic acids is 1. The first-order valence-corrected chi connectivity index (χ1v) is 4.16. The minimum absolute atomic E-state index is 0.125. The Morgan fingerprint density at radius 1 is 1.55 bits per heavy atom. The molecule has 0 spiro atoms. The number of rotatable bonds is 5. The van der Waals surface area contributed by atoms with Crippen LogP contribution in [-0.4, -0.2) is 29.9 Å². The molecule has 0 radical (unpaired) electrons. The van der Waals surface area contributed by atoms with Gasteiger partial charge in [-0.2, -0.15) is 0 Å². The monoisotopic (exact) mass is 158 g/mol. The van der Waals surface area contributed by atoms with Crippen molar-refractivity contribution in [3.8, 4) is 0 Å². The quantitative estimate of drug-likeness (QED) is 0.636. The maximum Gasteiger partial charge on any atom is 0.234 e. The van der Waals surface area contributed by atoms with Gasteiger partial charge in [-0.05, 0) is 26.4 Å². The summed E-state index contributed by atoms with van der Waals surface area (Å²) in [7, 11) is 0. The van der Waals surface area contributed by atoms with E-state index in [2.05, 4.69) is 11.8 Å². The van der Waals surface area contributed by atoms with Crippen LogP contribution in [0.2, 0.25) is 0 Å². The Labute approximate surface area is 68.6 Å². The molecule has 3 heteroatoms. The van der Waals surface area contributed by atoms with E-state index in [9.17, 15) is 4.79 Å². The largest absolute Gasteiger partial charge is 0.368 e. The summed E-state index contributed by atoms with van der Waals surface area (Å²) in [5.74, 6) is -0.236. The van der Waals surface area contributed by atoms with Crippen molar-refractivity contribution >= 4 is 5.91 Å². The number of carbonyl (C=O) groups is 1. The van der Waals surface area contributed by atoms with Gasteiger partial charge in [0.15, 0.2) is 0 Å². The van der Waals surface area contributed by atoms with E-state index in [1.54, 1.807) is 0 Å². The molecule has 0 saturated heterocycles. The highest BCUT2D eigenvalue weighted by atomic mass is 16.1. The standard InChI is InChI=1S/C8H18N2O/c1-4-6-10(5-2)7(3)8(9)11/h7H,4-6H2,1-3H3,(H2,9,11). The van der Waals surface area contributed by atoms with E-state index in [0.29, 0.717) is 0 Å². The number of nitrogens with zero attached hydrogens (tertiary/aromatic N) is 1. The lowest BCUT2D eigenvalue weighted by Gasteiger charge is -2.24. The van der Waals surface area contributed by atoms with Crippen LogP contribution in [0.5, 0.6) is 0 Å². The molecule has 0 rings (SSSR count). The number of likely N-dealkylation sites (N-methyl/N-ethyl adjacent to an activating group) is 1. The number of amides is 1. The molecule has 1 atom stereocenters. The van der Waals surface area contributed by atoms with Gasteiger partial charge in [0.05, 0.1) is 6.04 Å². The van der Waals surface area contributed by atoms with Gasteiger partial charge in [-0.15, -0.1) is 0 Å². The van der Waals surface area contributed by atoms with E-state index in [-0.39, 0.29) is 11.9 Å². The van der Waals surface area contributed by atoms with Crippen molar-refractivity contribution in [1.29, 1.82) is 0 Å². The molecule has 2 N–H and O–H groups in total. The van der Waals surface area contributed by atoms with Crippen LogP contribution in [0.1, 0.15) is 27.2 Å². The van der Waals surface area contributed by atoms with Gasteiger partial charge >= 0.3 is 0 Å². The predicted molar refractivity (Wildman–Crippen MR) is 46.2 cm³/mol. The number of hydrogen-bond acceptors (Lipinski definition) is 2. The van der Waals surface area contributed by atoms with Gasteiger partial charge in [-0.25, -0.2) is 0 Å². The van der Waals surface area contributed by atoms with Crippen LogP contribution in [-0.2, 0) is 4.79 Å². The molecule has 0 aliphatic carbocycles. The van der Waals surface area contributed by atoms with E-state index in [1.807, 2.05) is 13.8 Å². The molecule has 3 nitrogen and oxygen atoms in total. The average Bonchev–Trinajstić information content (AvgIpc) is 1.98. The first kappa shape index (κ1) is 10.4. The SMILES string of the molecule is CCCN(CC)C(C)C(N)=O. The molecule has 0 aromatic rings. The van der Waals surface area contributed by atoms with Crippen LogP contribution in [0.25, 0.3) is 0 Å². The lowest BCUT2D eigenvalue weighted by Crippen LogP contribution is -2.42. The predicted octanol–water partition coefficient (Wildman–Crippen LogP) is 0.592. The van der Waals surface area contributed by atoms with E-state index in [4.69, 9.17) is 5.73 Å². The van der Waals surface area contributed by atoms with Gasteiger partial charge in [0.25, 0.3) is 0 Å². The van der Waals surface area contributed by atoms with Crippen LogP contribution >= 0.6 is 0 Å². The van der Waals surface area contributed by atoms with Gasteiger partial charge in [-0.3, -0.25) is 9.69 Å². The Hall–Kier alpha value is -0.570. The first-order valence-electron chi connectivity index (χ1n) is 4.16. The summed E-state index contributed by atoms with van der Waals surface area (Å²) < 4.78 is 0. The second-order valence-electron chi connectivity index (χ2n) is 2.71. The van der Waals surface area contributed by atoms with Crippen molar-refractivity contribution in [3.05, 3.63) is 0 Å². The third-order valence-corrected chi connectivity index (χ3v) is 1.88. The average molecular weight is 158 g/mol. The smallest absolute Gasteiger partial charge is 0.234 e. The lowest BCUT2D eigenvalue weighted by molar-refractivity contribution is -0.122. The van der Waals surface area contributed by atoms with Gasteiger partial charge in [0.2, 0.25) is 5.91 Å². The molecule has 0 aliphatic heterocycles. The Morgan fingerprint density at radius 3 is 2.36 bits per heavy atom. The van der Waals surface area contributed by atoms with Crippen LogP contribution in [0.15, 0.2) is 0 Å². The number of nitrogens with two attached hydrogens (primary N) is 1. The number of hydrogen-bond donors (Lipinski definition) is 1. The first-order chi connectivity index (χ1) is 5.13. The highest BCUT2D eigenvalue weighted by Crippen LogP contribution is 1.98. The number of primary amides is 1. The fourth-order valence-corrected chi connectivity index (χ4v) is 1.09. The Morgan fingerprint density at radius 2 is 2.09 bits per heavy atom. The van der Waals surface area contributed by atoms with Gasteiger partial charge in [-0.1, -0.05) is 13.8 Å². The molecule has 0 heterocycles. The van der Waals surface area contributed by atoms with Crippen molar-refractivity contribution < 1.29 is 4.79 Å². The normalized spacial score (nSPS) is 13.5. The summed E-state index contributed by atoms with van der Waals surface area (Å²) in [6, 6.07) is -0.125. The highest BCUT2D eigenvalue weighted by Gasteiger charge is 2.15. The van der Waals surface area contributed by atoms with Crippen LogP contribution in [0, 0.1) is 0 Å². The Bertz CT molecular complexity index is 125. The molecule has 11 heavy (non-hydrogen) atoms. The minimum Gasteiger partial charge on any atom is -0.368 e. The highest BCUT2D eigenvalue weighted by molar-refractivity contribution is 5.79. The van der Waals surface area contributed by atoms with Crippen molar-refractivity contribution in [2.45, 2.75) is 33.2 Å². The fourth-order valence-electron chi connectivity index (χ4n) is 1.09. The molecule has 0 aromatic heterocycles. The van der Waals surface area contributed by atoms with Gasteiger partial charge < -0.3 is 5.73 Å². The third kappa shape index (κ3) is 3.37. The van der Waals surface area contributed by atoms with Crippen molar-refractivity contribution in [3.63, 3.8) is 0 Å². The lowest BCUT2D eigenvalue weighted by atomic mass is 10.2. The second kappa shape index (κ2) is 5.13. The molecule has 0 aromatic carbocycles.